The summed E-state index contributed by atoms with van der Waals surface area (Å²) in [5.74, 6) is -1.10. The van der Waals surface area contributed by atoms with Crippen molar-refractivity contribution in [3.8, 4) is 0 Å². The number of aromatic nitrogens is 1. The molecule has 6 heteroatoms. The van der Waals surface area contributed by atoms with Crippen molar-refractivity contribution in [2.75, 3.05) is 6.54 Å². The van der Waals surface area contributed by atoms with E-state index in [4.69, 9.17) is 9.84 Å². The second-order valence-electron chi connectivity index (χ2n) is 5.05. The largest absolute Gasteiger partial charge is 0.480 e. The zero-order valence-electron chi connectivity index (χ0n) is 11.3. The number of carbonyl (C=O) groups excluding carboxylic acids is 1. The predicted octanol–water partition coefficient (Wildman–Crippen LogP) is 1.90. The first kappa shape index (κ1) is 14.9. The quantitative estimate of drug-likeness (QED) is 0.900. The summed E-state index contributed by atoms with van der Waals surface area (Å²) in [6.07, 6.45) is 0.921. The Bertz CT molecular complexity index is 440. The van der Waals surface area contributed by atoms with Gasteiger partial charge in [-0.3, -0.25) is 14.7 Å². The van der Waals surface area contributed by atoms with E-state index in [1.807, 2.05) is 0 Å². The smallest absolute Gasteiger partial charge is 0.411 e. The highest BCUT2D eigenvalue weighted by Crippen LogP contribution is 2.11. The molecule has 6 nitrogen and oxygen atoms in total. The van der Waals surface area contributed by atoms with Crippen LogP contribution in [0.3, 0.4) is 0 Å². The molecule has 1 aromatic heterocycles. The number of carboxylic acids is 1. The Kier molecular flexibility index (Phi) is 4.86. The summed E-state index contributed by atoms with van der Waals surface area (Å²) in [6.45, 7) is 4.85. The predicted molar refractivity (Wildman–Crippen MR) is 68.5 cm³/mol. The fourth-order valence-electron chi connectivity index (χ4n) is 1.36. The maximum Gasteiger partial charge on any atom is 0.411 e. The number of hydrogen-bond donors (Lipinski definition) is 1. The molecule has 0 aliphatic carbocycles. The minimum Gasteiger partial charge on any atom is -0.480 e. The average molecular weight is 266 g/mol. The third kappa shape index (κ3) is 5.85. The number of aliphatic carboxylic acids is 1. The topological polar surface area (TPSA) is 79.7 Å². The molecular weight excluding hydrogens is 248 g/mol. The molecule has 0 saturated carbocycles. The van der Waals surface area contributed by atoms with Crippen LogP contribution in [-0.4, -0.2) is 39.2 Å². The number of rotatable bonds is 4. The van der Waals surface area contributed by atoms with Gasteiger partial charge in [0.05, 0.1) is 12.2 Å². The van der Waals surface area contributed by atoms with Crippen LogP contribution in [0.4, 0.5) is 4.79 Å². The van der Waals surface area contributed by atoms with Crippen LogP contribution >= 0.6 is 0 Å². The molecule has 0 unspecified atom stereocenters. The van der Waals surface area contributed by atoms with E-state index in [9.17, 15) is 9.59 Å². The van der Waals surface area contributed by atoms with Crippen molar-refractivity contribution in [1.82, 2.24) is 9.88 Å². The highest BCUT2D eigenvalue weighted by atomic mass is 16.6. The Morgan fingerprint density at radius 1 is 1.37 bits per heavy atom. The van der Waals surface area contributed by atoms with Gasteiger partial charge >= 0.3 is 12.1 Å². The molecule has 1 amide bonds. The molecule has 0 aliphatic rings. The maximum absolute atomic E-state index is 11.9. The highest BCUT2D eigenvalue weighted by molar-refractivity contribution is 5.76. The van der Waals surface area contributed by atoms with Crippen LogP contribution in [0.5, 0.6) is 0 Å². The van der Waals surface area contributed by atoms with Crippen molar-refractivity contribution in [3.05, 3.63) is 30.1 Å². The standard InChI is InChI=1S/C13H18N2O4/c1-13(2,3)19-12(18)15(9-11(16)17)8-10-6-4-5-7-14-10/h4-7H,8-9H2,1-3H3,(H,16,17). The molecule has 1 heterocycles. The van der Waals surface area contributed by atoms with Crippen LogP contribution in [-0.2, 0) is 16.1 Å². The van der Waals surface area contributed by atoms with Crippen molar-refractivity contribution < 1.29 is 19.4 Å². The molecule has 0 spiro atoms. The number of ether oxygens (including phenoxy) is 1. The summed E-state index contributed by atoms with van der Waals surface area (Å²) in [7, 11) is 0. The van der Waals surface area contributed by atoms with Gasteiger partial charge in [-0.1, -0.05) is 6.07 Å². The first-order valence-electron chi connectivity index (χ1n) is 5.87. The summed E-state index contributed by atoms with van der Waals surface area (Å²) in [5.41, 5.74) is -0.0626. The van der Waals surface area contributed by atoms with Gasteiger partial charge < -0.3 is 9.84 Å². The van der Waals surface area contributed by atoms with Crippen LogP contribution < -0.4 is 0 Å². The summed E-state index contributed by atoms with van der Waals surface area (Å²) in [6, 6.07) is 5.24. The van der Waals surface area contributed by atoms with Gasteiger partial charge in [0.2, 0.25) is 0 Å². The van der Waals surface area contributed by atoms with Gasteiger partial charge in [0, 0.05) is 6.20 Å². The van der Waals surface area contributed by atoms with Crippen molar-refractivity contribution in [3.63, 3.8) is 0 Å². The first-order valence-corrected chi connectivity index (χ1v) is 5.87. The number of nitrogens with zero attached hydrogens (tertiary/aromatic N) is 2. The summed E-state index contributed by atoms with van der Waals surface area (Å²) in [5, 5.41) is 8.84. The second-order valence-corrected chi connectivity index (χ2v) is 5.05. The maximum atomic E-state index is 11.9. The van der Waals surface area contributed by atoms with Crippen LogP contribution in [0.2, 0.25) is 0 Å². The Morgan fingerprint density at radius 2 is 2.05 bits per heavy atom. The van der Waals surface area contributed by atoms with Gasteiger partial charge in [-0.05, 0) is 32.9 Å². The van der Waals surface area contributed by atoms with Gasteiger partial charge in [-0.15, -0.1) is 0 Å². The lowest BCUT2D eigenvalue weighted by atomic mass is 10.2. The van der Waals surface area contributed by atoms with Gasteiger partial charge in [0.1, 0.15) is 12.1 Å². The van der Waals surface area contributed by atoms with Gasteiger partial charge in [0.25, 0.3) is 0 Å². The zero-order chi connectivity index (χ0) is 14.5. The SMILES string of the molecule is CC(C)(C)OC(=O)N(CC(=O)O)Cc1ccccn1. The molecule has 0 bridgehead atoms. The fourth-order valence-corrected chi connectivity index (χ4v) is 1.36. The molecule has 1 rings (SSSR count). The third-order valence-electron chi connectivity index (χ3n) is 2.06. The number of hydrogen-bond acceptors (Lipinski definition) is 4. The molecule has 0 aromatic carbocycles. The molecule has 1 aromatic rings. The van der Waals surface area contributed by atoms with E-state index in [1.54, 1.807) is 45.2 Å². The monoisotopic (exact) mass is 266 g/mol. The normalized spacial score (nSPS) is 10.9. The molecule has 19 heavy (non-hydrogen) atoms. The first-order chi connectivity index (χ1) is 8.78. The molecule has 0 aliphatic heterocycles. The lowest BCUT2D eigenvalue weighted by Crippen LogP contribution is -2.39. The molecular formula is C13H18N2O4. The molecule has 0 atom stereocenters. The van der Waals surface area contributed by atoms with Gasteiger partial charge in [-0.2, -0.15) is 0 Å². The van der Waals surface area contributed by atoms with Crippen molar-refractivity contribution >= 4 is 12.1 Å². The third-order valence-corrected chi connectivity index (χ3v) is 2.06. The van der Waals surface area contributed by atoms with Crippen LogP contribution in [0.25, 0.3) is 0 Å². The lowest BCUT2D eigenvalue weighted by molar-refractivity contribution is -0.138. The van der Waals surface area contributed by atoms with Crippen LogP contribution in [0, 0.1) is 0 Å². The van der Waals surface area contributed by atoms with Crippen molar-refractivity contribution in [2.45, 2.75) is 32.9 Å². The van der Waals surface area contributed by atoms with E-state index in [0.717, 1.165) is 4.90 Å². The van der Waals surface area contributed by atoms with E-state index >= 15 is 0 Å². The number of pyridine rings is 1. The van der Waals surface area contributed by atoms with Crippen molar-refractivity contribution in [1.29, 1.82) is 0 Å². The van der Waals surface area contributed by atoms with Crippen LogP contribution in [0.1, 0.15) is 26.5 Å². The van der Waals surface area contributed by atoms with E-state index in [0.29, 0.717) is 5.69 Å². The van der Waals surface area contributed by atoms with E-state index < -0.39 is 24.2 Å². The summed E-state index contributed by atoms with van der Waals surface area (Å²) in [4.78, 5) is 27.9. The minimum absolute atomic E-state index is 0.0993. The molecule has 104 valence electrons. The van der Waals surface area contributed by atoms with E-state index in [-0.39, 0.29) is 6.54 Å². The van der Waals surface area contributed by atoms with Crippen molar-refractivity contribution in [2.24, 2.45) is 0 Å². The zero-order valence-corrected chi connectivity index (χ0v) is 11.3. The Balaban J connectivity index is 2.77. The lowest BCUT2D eigenvalue weighted by Gasteiger charge is -2.26. The molecule has 1 N–H and O–H groups in total. The van der Waals surface area contributed by atoms with Gasteiger partial charge in [0.15, 0.2) is 0 Å². The van der Waals surface area contributed by atoms with Crippen LogP contribution in [0.15, 0.2) is 24.4 Å². The van der Waals surface area contributed by atoms with Gasteiger partial charge in [-0.25, -0.2) is 4.79 Å². The Labute approximate surface area is 112 Å². The molecule has 0 fully saturated rings. The Hall–Kier alpha value is -2.11. The summed E-state index contributed by atoms with van der Waals surface area (Å²) < 4.78 is 5.17. The Morgan fingerprint density at radius 3 is 2.53 bits per heavy atom. The average Bonchev–Trinajstić information content (AvgIpc) is 2.26. The highest BCUT2D eigenvalue weighted by Gasteiger charge is 2.24. The number of carbonyl (C=O) groups is 2. The van der Waals surface area contributed by atoms with E-state index in [2.05, 4.69) is 4.98 Å². The second kappa shape index (κ2) is 6.17. The number of amides is 1. The van der Waals surface area contributed by atoms with E-state index in [1.165, 1.54) is 0 Å². The fraction of sp³-hybridized carbons (Fsp3) is 0.462. The molecule has 0 saturated heterocycles. The molecule has 0 radical (unpaired) electrons. The summed E-state index contributed by atoms with van der Waals surface area (Å²) >= 11 is 0. The number of carboxylic acid groups (broad SMARTS) is 1. The minimum atomic E-state index is -1.10.